The third-order valence-corrected chi connectivity index (χ3v) is 7.14. The second-order valence-corrected chi connectivity index (χ2v) is 10.7. The van der Waals surface area contributed by atoms with Crippen LogP contribution in [0.3, 0.4) is 0 Å². The SMILES string of the molecule is CCc1c(-c2ccccc2)nc(C(C)C)c(COP(=O)([O-])C[C@H](O)CC(=O)[O-])c1-c1ccc(F)cc1.[Na+].[Na+]. The van der Waals surface area contributed by atoms with Gasteiger partial charge in [0.25, 0.3) is 0 Å². The van der Waals surface area contributed by atoms with Crippen molar-refractivity contribution in [2.24, 2.45) is 0 Å². The van der Waals surface area contributed by atoms with Crippen LogP contribution in [0.25, 0.3) is 22.4 Å². The van der Waals surface area contributed by atoms with Crippen molar-refractivity contribution in [3.05, 3.63) is 77.2 Å². The van der Waals surface area contributed by atoms with Crippen LogP contribution in [0, 0.1) is 5.82 Å². The van der Waals surface area contributed by atoms with Crippen molar-refractivity contribution in [1.29, 1.82) is 0 Å². The number of aliphatic carboxylic acids is 1. The van der Waals surface area contributed by atoms with Crippen molar-refractivity contribution in [2.45, 2.75) is 52.2 Å². The molecule has 38 heavy (non-hydrogen) atoms. The van der Waals surface area contributed by atoms with Gasteiger partial charge in [-0.3, -0.25) is 4.98 Å². The number of aliphatic hydroxyl groups is 1. The molecule has 11 heteroatoms. The summed E-state index contributed by atoms with van der Waals surface area (Å²) < 4.78 is 31.6. The molecule has 2 atom stereocenters. The summed E-state index contributed by atoms with van der Waals surface area (Å²) >= 11 is 0. The number of aromatic nitrogens is 1. The van der Waals surface area contributed by atoms with Gasteiger partial charge in [-0.2, -0.15) is 0 Å². The predicted octanol–water partition coefficient (Wildman–Crippen LogP) is -2.18. The minimum absolute atomic E-state index is 0. The van der Waals surface area contributed by atoms with Crippen LogP contribution in [0.2, 0.25) is 0 Å². The summed E-state index contributed by atoms with van der Waals surface area (Å²) in [6.45, 7) is 5.46. The molecule has 0 aliphatic carbocycles. The topological polar surface area (TPSA) is 123 Å². The van der Waals surface area contributed by atoms with E-state index in [1.54, 1.807) is 12.1 Å². The molecule has 1 unspecified atom stereocenters. The van der Waals surface area contributed by atoms with Crippen LogP contribution in [-0.4, -0.2) is 28.3 Å². The summed E-state index contributed by atoms with van der Waals surface area (Å²) in [5.74, 6) is -2.07. The molecule has 2 aromatic carbocycles. The second-order valence-electron chi connectivity index (χ2n) is 8.86. The number of carbonyl (C=O) groups excluding carboxylic acids is 1. The van der Waals surface area contributed by atoms with E-state index in [0.29, 0.717) is 28.8 Å². The summed E-state index contributed by atoms with van der Waals surface area (Å²) in [7, 11) is -4.61. The van der Waals surface area contributed by atoms with E-state index in [4.69, 9.17) is 9.51 Å². The second kappa shape index (κ2) is 15.8. The van der Waals surface area contributed by atoms with Crippen LogP contribution in [0.4, 0.5) is 4.39 Å². The quantitative estimate of drug-likeness (QED) is 0.209. The monoisotopic (exact) mass is 559 g/mol. The Balaban J connectivity index is 0.00000361. The van der Waals surface area contributed by atoms with Gasteiger partial charge in [0.05, 0.1) is 18.4 Å². The Morgan fingerprint density at radius 2 is 1.66 bits per heavy atom. The van der Waals surface area contributed by atoms with E-state index in [-0.39, 0.29) is 71.6 Å². The van der Waals surface area contributed by atoms with Gasteiger partial charge in [0, 0.05) is 35.4 Å². The average molecular weight is 559 g/mol. The summed E-state index contributed by atoms with van der Waals surface area (Å²) in [5, 5.41) is 20.5. The van der Waals surface area contributed by atoms with Gasteiger partial charge >= 0.3 is 59.1 Å². The van der Waals surface area contributed by atoms with Gasteiger partial charge in [-0.15, -0.1) is 0 Å². The Kier molecular flexibility index (Phi) is 14.6. The molecule has 1 aromatic heterocycles. The Morgan fingerprint density at radius 3 is 2.18 bits per heavy atom. The van der Waals surface area contributed by atoms with E-state index in [9.17, 15) is 28.9 Å². The zero-order valence-electron chi connectivity index (χ0n) is 22.4. The van der Waals surface area contributed by atoms with Crippen molar-refractivity contribution in [3.63, 3.8) is 0 Å². The predicted molar refractivity (Wildman–Crippen MR) is 131 cm³/mol. The van der Waals surface area contributed by atoms with Crippen LogP contribution in [0.5, 0.6) is 0 Å². The van der Waals surface area contributed by atoms with Crippen molar-refractivity contribution in [2.75, 3.05) is 6.16 Å². The third-order valence-electron chi connectivity index (χ3n) is 5.75. The van der Waals surface area contributed by atoms with Gasteiger partial charge in [0.15, 0.2) is 0 Å². The molecule has 0 saturated heterocycles. The van der Waals surface area contributed by atoms with E-state index in [1.165, 1.54) is 12.1 Å². The molecule has 0 aliphatic rings. The zero-order valence-corrected chi connectivity index (χ0v) is 27.3. The Hall–Kier alpha value is -0.900. The maximum absolute atomic E-state index is 13.8. The zero-order chi connectivity index (χ0) is 26.5. The fraction of sp³-hybridized carbons (Fsp3) is 0.333. The molecule has 0 aliphatic heterocycles. The van der Waals surface area contributed by atoms with E-state index in [2.05, 4.69) is 0 Å². The average Bonchev–Trinajstić information content (AvgIpc) is 2.81. The number of carboxylic acids is 1. The van der Waals surface area contributed by atoms with E-state index in [1.807, 2.05) is 51.1 Å². The first-order valence-electron chi connectivity index (χ1n) is 11.7. The molecule has 0 bridgehead atoms. The number of benzene rings is 2. The van der Waals surface area contributed by atoms with Crippen molar-refractivity contribution >= 4 is 13.6 Å². The molecule has 1 N–H and O–H groups in total. The molecule has 3 rings (SSSR count). The number of halogens is 1. The van der Waals surface area contributed by atoms with E-state index >= 15 is 0 Å². The van der Waals surface area contributed by atoms with Gasteiger partial charge in [-0.1, -0.05) is 63.2 Å². The maximum atomic E-state index is 13.8. The number of hydrogen-bond acceptors (Lipinski definition) is 7. The third kappa shape index (κ3) is 9.34. The van der Waals surface area contributed by atoms with Crippen molar-refractivity contribution in [1.82, 2.24) is 4.98 Å². The van der Waals surface area contributed by atoms with Crippen molar-refractivity contribution < 1.29 is 92.5 Å². The van der Waals surface area contributed by atoms with Gasteiger partial charge in [0.2, 0.25) is 0 Å². The van der Waals surface area contributed by atoms with Gasteiger partial charge in [-0.25, -0.2) is 4.39 Å². The molecule has 1 heterocycles. The number of nitrogens with zero attached hydrogens (tertiary/aromatic N) is 1. The maximum Gasteiger partial charge on any atom is 1.00 e. The number of carbonyl (C=O) groups is 1. The van der Waals surface area contributed by atoms with Crippen LogP contribution in [0.1, 0.15) is 49.9 Å². The largest absolute Gasteiger partial charge is 1.00 e. The molecule has 3 aromatic rings. The first-order valence-corrected chi connectivity index (χ1v) is 13.4. The van der Waals surface area contributed by atoms with Gasteiger partial charge in [0.1, 0.15) is 13.4 Å². The fourth-order valence-corrected chi connectivity index (χ4v) is 5.26. The Labute approximate surface area is 267 Å². The van der Waals surface area contributed by atoms with Crippen LogP contribution in [0.15, 0.2) is 54.6 Å². The molecule has 0 saturated carbocycles. The number of hydrogen-bond donors (Lipinski definition) is 1. The van der Waals surface area contributed by atoms with Crippen LogP contribution in [-0.2, 0) is 26.9 Å². The fourth-order valence-electron chi connectivity index (χ4n) is 4.18. The molecule has 0 radical (unpaired) electrons. The number of aliphatic hydroxyl groups excluding tert-OH is 1. The molecule has 192 valence electrons. The first kappa shape index (κ1) is 35.1. The smallest absolute Gasteiger partial charge is 0.778 e. The number of rotatable bonds is 11. The van der Waals surface area contributed by atoms with Crippen LogP contribution >= 0.6 is 7.60 Å². The summed E-state index contributed by atoms with van der Waals surface area (Å²) in [6.07, 6.45) is -2.76. The van der Waals surface area contributed by atoms with Gasteiger partial charge < -0.3 is 29.0 Å². The molecule has 0 spiro atoms. The molecule has 0 amide bonds. The van der Waals surface area contributed by atoms with Crippen LogP contribution < -0.4 is 69.1 Å². The van der Waals surface area contributed by atoms with E-state index < -0.39 is 38.1 Å². The summed E-state index contributed by atoms with van der Waals surface area (Å²) in [5.41, 5.74) is 5.07. The minimum atomic E-state index is -4.61. The number of pyridine rings is 1. The Morgan fingerprint density at radius 1 is 1.05 bits per heavy atom. The van der Waals surface area contributed by atoms with Gasteiger partial charge in [-0.05, 0) is 41.2 Å². The van der Waals surface area contributed by atoms with E-state index in [0.717, 1.165) is 16.8 Å². The Bertz CT molecular complexity index is 1260. The molecular weight excluding hydrogens is 530 g/mol. The standard InChI is InChI=1S/C27H31FNO6P.2Na/c1-4-22-25(18-10-12-20(28)13-11-18)23(15-35-36(33,34)16-21(30)14-24(31)32)26(17(2)3)29-27(22)19-8-6-5-7-9-19;;/h5-13,17,21,30H,4,14-16H2,1-3H3,(H,31,32)(H,33,34);;/q;2*+1/p-2/t21-;;/m1../s1. The van der Waals surface area contributed by atoms with Crippen molar-refractivity contribution in [3.8, 4) is 22.4 Å². The first-order chi connectivity index (χ1) is 17.0. The summed E-state index contributed by atoms with van der Waals surface area (Å²) in [6, 6.07) is 15.6. The molecule has 0 fully saturated rings. The number of carboxylic acid groups (broad SMARTS) is 1. The molecule has 7 nitrogen and oxygen atoms in total. The summed E-state index contributed by atoms with van der Waals surface area (Å²) in [4.78, 5) is 28.2. The normalized spacial score (nSPS) is 13.2. The minimum Gasteiger partial charge on any atom is -0.778 e. The molecular formula is C27H29FNNa2O6P.